The number of morpholine rings is 1. The number of furan rings is 1. The number of aliphatic hydroxyl groups is 1. The predicted molar refractivity (Wildman–Crippen MR) is 98.7 cm³/mol. The van der Waals surface area contributed by atoms with Gasteiger partial charge in [0.25, 0.3) is 0 Å². The maximum absolute atomic E-state index is 10.1. The van der Waals surface area contributed by atoms with Crippen LogP contribution in [0.3, 0.4) is 0 Å². The Morgan fingerprint density at radius 2 is 2.08 bits per heavy atom. The fourth-order valence-corrected chi connectivity index (χ4v) is 2.96. The molecule has 0 aromatic carbocycles. The first kappa shape index (κ1) is 19.8. The lowest BCUT2D eigenvalue weighted by Gasteiger charge is -2.36. The smallest absolute Gasteiger partial charge is 0.191 e. The highest BCUT2D eigenvalue weighted by Gasteiger charge is 2.23. The van der Waals surface area contributed by atoms with E-state index in [1.807, 2.05) is 6.92 Å². The second kappa shape index (κ2) is 10.4. The van der Waals surface area contributed by atoms with E-state index in [1.54, 1.807) is 18.4 Å². The molecule has 2 rings (SSSR count). The second-order valence-corrected chi connectivity index (χ2v) is 6.59. The van der Waals surface area contributed by atoms with E-state index in [0.717, 1.165) is 32.8 Å². The van der Waals surface area contributed by atoms with Gasteiger partial charge in [-0.3, -0.25) is 9.89 Å². The molecule has 1 fully saturated rings. The minimum absolute atomic E-state index is 0.350. The zero-order valence-corrected chi connectivity index (χ0v) is 15.6. The summed E-state index contributed by atoms with van der Waals surface area (Å²) in [7, 11) is 0. The maximum Gasteiger partial charge on any atom is 0.191 e. The second-order valence-electron chi connectivity index (χ2n) is 6.59. The molecule has 2 heterocycles. The van der Waals surface area contributed by atoms with Crippen molar-refractivity contribution in [1.29, 1.82) is 0 Å². The van der Waals surface area contributed by atoms with Crippen LogP contribution in [0.1, 0.15) is 32.6 Å². The molecule has 1 aromatic rings. The summed E-state index contributed by atoms with van der Waals surface area (Å²) in [6.07, 6.45) is 0.868. The van der Waals surface area contributed by atoms with Crippen LogP contribution in [0, 0.1) is 5.92 Å². The van der Waals surface area contributed by atoms with Crippen molar-refractivity contribution in [3.05, 3.63) is 24.2 Å². The molecule has 1 aliphatic heterocycles. The molecule has 3 N–H and O–H groups in total. The summed E-state index contributed by atoms with van der Waals surface area (Å²) in [5.41, 5.74) is 0. The van der Waals surface area contributed by atoms with E-state index in [2.05, 4.69) is 29.4 Å². The van der Waals surface area contributed by atoms with E-state index in [9.17, 15) is 5.11 Å². The van der Waals surface area contributed by atoms with Gasteiger partial charge >= 0.3 is 0 Å². The minimum atomic E-state index is -0.695. The van der Waals surface area contributed by atoms with Crippen molar-refractivity contribution in [2.75, 3.05) is 45.9 Å². The van der Waals surface area contributed by atoms with Gasteiger partial charge in [0.1, 0.15) is 11.9 Å². The molecule has 2 atom stereocenters. The highest BCUT2D eigenvalue weighted by atomic mass is 16.5. The Kier molecular flexibility index (Phi) is 8.24. The predicted octanol–water partition coefficient (Wildman–Crippen LogP) is 1.22. The van der Waals surface area contributed by atoms with Crippen LogP contribution in [-0.4, -0.2) is 67.9 Å². The van der Waals surface area contributed by atoms with Crippen molar-refractivity contribution in [3.8, 4) is 0 Å². The van der Waals surface area contributed by atoms with E-state index >= 15 is 0 Å². The van der Waals surface area contributed by atoms with E-state index < -0.39 is 6.10 Å². The standard InChI is InChI=1S/C18H32N4O3/c1-4-19-18(21-13-16(23)17-6-5-9-25-17)20-12-15(14(2)3)22-7-10-24-11-8-22/h5-6,9,14-16,23H,4,7-8,10-13H2,1-3H3,(H2,19,20,21). The Labute approximate surface area is 150 Å². The molecule has 2 unspecified atom stereocenters. The Bertz CT molecular complexity index is 498. The van der Waals surface area contributed by atoms with E-state index in [1.165, 1.54) is 0 Å². The minimum Gasteiger partial charge on any atom is -0.467 e. The maximum atomic E-state index is 10.1. The van der Waals surface area contributed by atoms with E-state index in [4.69, 9.17) is 14.1 Å². The number of aliphatic hydroxyl groups excluding tert-OH is 1. The first-order chi connectivity index (χ1) is 12.1. The Hall–Kier alpha value is -1.57. The highest BCUT2D eigenvalue weighted by molar-refractivity contribution is 5.79. The third kappa shape index (κ3) is 6.34. The van der Waals surface area contributed by atoms with Crippen LogP contribution in [0.25, 0.3) is 0 Å². The van der Waals surface area contributed by atoms with Gasteiger partial charge < -0.3 is 24.9 Å². The molecule has 0 saturated carbocycles. The molecule has 1 aromatic heterocycles. The van der Waals surface area contributed by atoms with E-state index in [0.29, 0.717) is 36.8 Å². The average Bonchev–Trinajstić information content (AvgIpc) is 3.15. The van der Waals surface area contributed by atoms with Crippen molar-refractivity contribution < 1.29 is 14.3 Å². The van der Waals surface area contributed by atoms with Crippen molar-refractivity contribution in [3.63, 3.8) is 0 Å². The zero-order valence-electron chi connectivity index (χ0n) is 15.6. The van der Waals surface area contributed by atoms with Crippen molar-refractivity contribution >= 4 is 5.96 Å². The third-order valence-electron chi connectivity index (χ3n) is 4.40. The summed E-state index contributed by atoms with van der Waals surface area (Å²) in [5.74, 6) is 1.78. The van der Waals surface area contributed by atoms with Gasteiger partial charge in [-0.25, -0.2) is 0 Å². The third-order valence-corrected chi connectivity index (χ3v) is 4.40. The number of hydrogen-bond acceptors (Lipinski definition) is 5. The number of nitrogens with one attached hydrogen (secondary N) is 2. The lowest BCUT2D eigenvalue weighted by atomic mass is 10.0. The summed E-state index contributed by atoms with van der Waals surface area (Å²) < 4.78 is 10.7. The first-order valence-electron chi connectivity index (χ1n) is 9.17. The van der Waals surface area contributed by atoms with Gasteiger partial charge in [0.15, 0.2) is 5.96 Å². The van der Waals surface area contributed by atoms with Crippen molar-refractivity contribution in [1.82, 2.24) is 15.5 Å². The highest BCUT2D eigenvalue weighted by Crippen LogP contribution is 2.14. The molecule has 0 spiro atoms. The molecule has 0 amide bonds. The molecule has 0 bridgehead atoms. The molecular weight excluding hydrogens is 320 g/mol. The van der Waals surface area contributed by atoms with Gasteiger partial charge in [0.2, 0.25) is 0 Å². The fourth-order valence-electron chi connectivity index (χ4n) is 2.96. The number of hydrogen-bond donors (Lipinski definition) is 3. The summed E-state index contributed by atoms with van der Waals surface area (Å²) in [4.78, 5) is 7.19. The first-order valence-corrected chi connectivity index (χ1v) is 9.17. The van der Waals surface area contributed by atoms with Crippen LogP contribution in [0.5, 0.6) is 0 Å². The molecule has 7 heteroatoms. The van der Waals surface area contributed by atoms with Gasteiger partial charge in [0.05, 0.1) is 32.6 Å². The summed E-state index contributed by atoms with van der Waals surface area (Å²) in [6.45, 7) is 11.8. The molecule has 142 valence electrons. The van der Waals surface area contributed by atoms with E-state index in [-0.39, 0.29) is 0 Å². The van der Waals surface area contributed by atoms with Crippen LogP contribution in [0.4, 0.5) is 0 Å². The lowest BCUT2D eigenvalue weighted by Crippen LogP contribution is -2.48. The number of ether oxygens (including phenoxy) is 1. The normalized spacial score (nSPS) is 19.0. The van der Waals surface area contributed by atoms with Gasteiger partial charge in [0, 0.05) is 25.7 Å². The molecule has 7 nitrogen and oxygen atoms in total. The summed E-state index contributed by atoms with van der Waals surface area (Å²) >= 11 is 0. The Morgan fingerprint density at radius 1 is 1.32 bits per heavy atom. The molecule has 0 aliphatic carbocycles. The largest absolute Gasteiger partial charge is 0.467 e. The molecule has 1 saturated heterocycles. The number of aliphatic imine (C=N–C) groups is 1. The average molecular weight is 352 g/mol. The fraction of sp³-hybridized carbons (Fsp3) is 0.722. The van der Waals surface area contributed by atoms with Gasteiger partial charge in [-0.2, -0.15) is 0 Å². The Morgan fingerprint density at radius 3 is 2.68 bits per heavy atom. The number of guanidine groups is 1. The zero-order chi connectivity index (χ0) is 18.1. The monoisotopic (exact) mass is 352 g/mol. The topological polar surface area (TPSA) is 82.3 Å². The molecule has 25 heavy (non-hydrogen) atoms. The van der Waals surface area contributed by atoms with Crippen LogP contribution < -0.4 is 10.6 Å². The van der Waals surface area contributed by atoms with Gasteiger partial charge in [-0.1, -0.05) is 13.8 Å². The Balaban J connectivity index is 1.91. The molecular formula is C18H32N4O3. The number of nitrogens with zero attached hydrogens (tertiary/aromatic N) is 2. The summed E-state index contributed by atoms with van der Waals surface area (Å²) in [6, 6.07) is 3.92. The quantitative estimate of drug-likeness (QED) is 0.482. The van der Waals surface area contributed by atoms with Gasteiger partial charge in [-0.15, -0.1) is 0 Å². The SMILES string of the molecule is CCNC(=NCC(C(C)C)N1CCOCC1)NCC(O)c1ccco1. The molecule has 1 aliphatic rings. The van der Waals surface area contributed by atoms with Crippen LogP contribution in [0.2, 0.25) is 0 Å². The van der Waals surface area contributed by atoms with Crippen LogP contribution in [-0.2, 0) is 4.74 Å². The number of rotatable bonds is 8. The molecule has 0 radical (unpaired) electrons. The van der Waals surface area contributed by atoms with Gasteiger partial charge in [-0.05, 0) is 25.0 Å². The lowest BCUT2D eigenvalue weighted by molar-refractivity contribution is 0.00867. The van der Waals surface area contributed by atoms with Crippen LogP contribution >= 0.6 is 0 Å². The van der Waals surface area contributed by atoms with Crippen LogP contribution in [0.15, 0.2) is 27.8 Å². The summed E-state index contributed by atoms with van der Waals surface area (Å²) in [5, 5.41) is 16.6. The van der Waals surface area contributed by atoms with Crippen molar-refractivity contribution in [2.24, 2.45) is 10.9 Å². The van der Waals surface area contributed by atoms with Crippen molar-refractivity contribution in [2.45, 2.75) is 32.9 Å².